The summed E-state index contributed by atoms with van der Waals surface area (Å²) in [6.07, 6.45) is -6.63. The van der Waals surface area contributed by atoms with E-state index in [0.717, 1.165) is 5.56 Å². The Balaban J connectivity index is 0.000000267. The summed E-state index contributed by atoms with van der Waals surface area (Å²) in [7, 11) is 2.42. The predicted molar refractivity (Wildman–Crippen MR) is 245 cm³/mol. The van der Waals surface area contributed by atoms with Gasteiger partial charge in [-0.2, -0.15) is 0 Å². The van der Waals surface area contributed by atoms with E-state index in [1.165, 1.54) is 90.8 Å². The number of ether oxygens (including phenoxy) is 6. The number of hydrogen-bond donors (Lipinski definition) is 2. The Labute approximate surface area is 407 Å². The summed E-state index contributed by atoms with van der Waals surface area (Å²) in [4.78, 5) is 56.9. The van der Waals surface area contributed by atoms with Gasteiger partial charge in [-0.1, -0.05) is 48.5 Å². The van der Waals surface area contributed by atoms with Crippen LogP contribution in [0.1, 0.15) is 52.7 Å². The van der Waals surface area contributed by atoms with Crippen LogP contribution in [0.4, 0.5) is 35.9 Å². The van der Waals surface area contributed by atoms with Gasteiger partial charge in [0.05, 0.1) is 25.6 Å². The van der Waals surface area contributed by atoms with Gasteiger partial charge < -0.3 is 33.7 Å². The maximum absolute atomic E-state index is 12.3. The number of nitrogens with one attached hydrogen (secondary N) is 2. The molecule has 0 aliphatic rings. The largest absolute Gasteiger partial charge is 0.573 e. The fourth-order valence-corrected chi connectivity index (χ4v) is 6.02. The lowest BCUT2D eigenvalue weighted by Crippen LogP contribution is -2.45. The number of alkyl halides is 6. The smallest absolute Gasteiger partial charge is 0.467 e. The van der Waals surface area contributed by atoms with E-state index < -0.39 is 54.1 Å². The summed E-state index contributed by atoms with van der Waals surface area (Å²) in [5.41, 5.74) is 2.03. The molecular weight excluding hydrogens is 963 g/mol. The van der Waals surface area contributed by atoms with Gasteiger partial charge in [0.25, 0.3) is 0 Å². The highest BCUT2D eigenvalue weighted by Gasteiger charge is 2.32. The van der Waals surface area contributed by atoms with Crippen molar-refractivity contribution in [3.8, 4) is 45.6 Å². The van der Waals surface area contributed by atoms with Gasteiger partial charge >= 0.3 is 36.8 Å². The number of carbonyl (C=O) groups is 4. The first-order chi connectivity index (χ1) is 33.7. The third-order valence-electron chi connectivity index (χ3n) is 9.00. The molecule has 0 saturated carbocycles. The molecule has 0 radical (unpaired) electrons. The molecule has 2 N–H and O–H groups in total. The predicted octanol–water partition coefficient (Wildman–Crippen LogP) is 9.31. The maximum atomic E-state index is 12.3. The zero-order valence-corrected chi connectivity index (χ0v) is 39.8. The maximum Gasteiger partial charge on any atom is 0.573 e. The number of halogens is 6. The lowest BCUT2D eigenvalue weighted by molar-refractivity contribution is -0.275. The first kappa shape index (κ1) is 54.5. The van der Waals surface area contributed by atoms with Crippen molar-refractivity contribution in [2.75, 3.05) is 14.2 Å². The first-order valence-electron chi connectivity index (χ1n) is 21.3. The molecule has 1 atom stereocenters. The number of aromatic nitrogens is 6. The van der Waals surface area contributed by atoms with Crippen molar-refractivity contribution in [3.05, 3.63) is 127 Å². The monoisotopic (exact) mass is 1010 g/mol. The van der Waals surface area contributed by atoms with E-state index in [4.69, 9.17) is 18.9 Å². The molecule has 382 valence electrons. The van der Waals surface area contributed by atoms with E-state index in [1.54, 1.807) is 90.1 Å². The van der Waals surface area contributed by atoms with Gasteiger partial charge in [0.2, 0.25) is 0 Å². The van der Waals surface area contributed by atoms with Crippen molar-refractivity contribution in [1.29, 1.82) is 0 Å². The average Bonchev–Trinajstić information content (AvgIpc) is 3.99. The average molecular weight is 1010 g/mol. The summed E-state index contributed by atoms with van der Waals surface area (Å²) in [5.74, 6) is -1.31. The molecule has 0 bridgehead atoms. The zero-order valence-electron chi connectivity index (χ0n) is 39.8. The molecule has 24 heteroatoms. The van der Waals surface area contributed by atoms with Crippen molar-refractivity contribution in [2.45, 2.75) is 77.9 Å². The quantitative estimate of drug-likeness (QED) is 0.0478. The fraction of sp³-hybridized carbons (Fsp3) is 0.292. The Morgan fingerprint density at radius 1 is 0.597 bits per heavy atom. The van der Waals surface area contributed by atoms with Crippen molar-refractivity contribution >= 4 is 30.2 Å². The number of esters is 2. The zero-order chi connectivity index (χ0) is 53.0. The first-order valence-corrected chi connectivity index (χ1v) is 21.3. The van der Waals surface area contributed by atoms with E-state index in [2.05, 4.69) is 40.3 Å². The minimum Gasteiger partial charge on any atom is -0.467 e. The molecule has 1 unspecified atom stereocenters. The van der Waals surface area contributed by atoms with Gasteiger partial charge in [0, 0.05) is 17.5 Å². The van der Waals surface area contributed by atoms with Crippen LogP contribution in [0.15, 0.2) is 115 Å². The van der Waals surface area contributed by atoms with E-state index in [-0.39, 0.29) is 23.6 Å². The Kier molecular flexibility index (Phi) is 17.4. The van der Waals surface area contributed by atoms with E-state index >= 15 is 0 Å². The van der Waals surface area contributed by atoms with Crippen LogP contribution < -0.4 is 20.1 Å². The summed E-state index contributed by atoms with van der Waals surface area (Å²) in [6, 6.07) is 23.2. The van der Waals surface area contributed by atoms with E-state index in [0.29, 0.717) is 39.7 Å². The van der Waals surface area contributed by atoms with E-state index in [9.17, 15) is 45.5 Å². The Morgan fingerprint density at radius 3 is 1.43 bits per heavy atom. The second kappa shape index (κ2) is 23.0. The number of amides is 2. The number of hydrogen-bond acceptors (Lipinski definition) is 14. The molecule has 2 amide bonds. The molecule has 2 heterocycles. The number of alkyl carbamates (subject to hydrolysis) is 2. The van der Waals surface area contributed by atoms with Crippen molar-refractivity contribution in [2.24, 2.45) is 0 Å². The van der Waals surface area contributed by atoms with Gasteiger partial charge in [-0.25, -0.2) is 38.5 Å². The molecule has 2 aromatic heterocycles. The molecule has 0 saturated heterocycles. The number of nitrogens with zero attached hydrogens (tertiary/aromatic N) is 6. The third kappa shape index (κ3) is 17.5. The molecule has 0 aliphatic heterocycles. The second-order valence-electron chi connectivity index (χ2n) is 17.0. The second-order valence-corrected chi connectivity index (χ2v) is 17.0. The molecule has 4 aromatic carbocycles. The number of carbonyl (C=O) groups excluding carboxylic acids is 4. The van der Waals surface area contributed by atoms with Crippen molar-refractivity contribution < 1.29 is 73.9 Å². The van der Waals surface area contributed by atoms with Gasteiger partial charge in [0.1, 0.15) is 47.1 Å². The van der Waals surface area contributed by atoms with Crippen LogP contribution in [0.3, 0.4) is 0 Å². The van der Waals surface area contributed by atoms with Crippen LogP contribution in [-0.4, -0.2) is 97.8 Å². The third-order valence-corrected chi connectivity index (χ3v) is 9.00. The SMILES string of the molecule is COC(=O)/C(=C/c1ccc(-c2ncn(-c3ccc(OC(F)(F)F)cc3)n2)cc1)NC(=O)OC(C)(C)C.COC(=O)C(Cc1ccc(-c2ncn(-c3ccc(OC(F)(F)F)cc3)n2)cc1)NC(=O)OC(C)(C)C. The van der Waals surface area contributed by atoms with Crippen LogP contribution in [-0.2, 0) is 35.0 Å². The lowest BCUT2D eigenvalue weighted by atomic mass is 10.0. The Bertz CT molecular complexity index is 2820. The Hall–Kier alpha value is -8.44. The molecule has 72 heavy (non-hydrogen) atoms. The normalized spacial score (nSPS) is 12.3. The molecule has 0 fully saturated rings. The fourth-order valence-electron chi connectivity index (χ4n) is 6.02. The molecule has 18 nitrogen and oxygen atoms in total. The highest BCUT2D eigenvalue weighted by molar-refractivity contribution is 5.96. The number of rotatable bonds is 13. The van der Waals surface area contributed by atoms with Crippen LogP contribution >= 0.6 is 0 Å². The molecule has 0 spiro atoms. The molecular formula is C48H48F6N8O10. The number of methoxy groups -OCH3 is 2. The molecule has 6 rings (SSSR count). The highest BCUT2D eigenvalue weighted by Crippen LogP contribution is 2.26. The summed E-state index contributed by atoms with van der Waals surface area (Å²) >= 11 is 0. The minimum atomic E-state index is -4.77. The van der Waals surface area contributed by atoms with Crippen LogP contribution in [0.25, 0.3) is 40.2 Å². The topological polar surface area (TPSA) is 209 Å². The van der Waals surface area contributed by atoms with Gasteiger partial charge in [-0.3, -0.25) is 5.32 Å². The van der Waals surface area contributed by atoms with Crippen molar-refractivity contribution in [1.82, 2.24) is 40.2 Å². The lowest BCUT2D eigenvalue weighted by Gasteiger charge is -2.22. The van der Waals surface area contributed by atoms with Gasteiger partial charge in [-0.15, -0.1) is 36.5 Å². The van der Waals surface area contributed by atoms with Gasteiger partial charge in [0.15, 0.2) is 11.6 Å². The van der Waals surface area contributed by atoms with Crippen LogP contribution in [0.2, 0.25) is 0 Å². The number of benzene rings is 4. The Morgan fingerprint density at radius 2 is 1.03 bits per heavy atom. The molecule has 6 aromatic rings. The summed E-state index contributed by atoms with van der Waals surface area (Å²) in [5, 5.41) is 13.6. The summed E-state index contributed by atoms with van der Waals surface area (Å²) < 4.78 is 104. The van der Waals surface area contributed by atoms with Crippen molar-refractivity contribution in [3.63, 3.8) is 0 Å². The van der Waals surface area contributed by atoms with E-state index in [1.807, 2.05) is 0 Å². The van der Waals surface area contributed by atoms with Crippen LogP contribution in [0.5, 0.6) is 11.5 Å². The summed E-state index contributed by atoms with van der Waals surface area (Å²) in [6.45, 7) is 10.2. The highest BCUT2D eigenvalue weighted by atomic mass is 19.4. The standard InChI is InChI=1S/C24H25F3N4O5.C24H23F3N4O5/c2*1-23(2,3)36-22(33)29-19(21(32)34-4)13-15-5-7-16(8-6-15)20-28-14-31(30-20)17-9-11-18(12-10-17)35-24(25,26)27/h5-12,14,19H,13H2,1-4H3,(H,29,33);5-14H,1-4H3,(H,29,33)/b;19-13-. The van der Waals surface area contributed by atoms with Gasteiger partial charge in [-0.05, 0) is 107 Å². The van der Waals surface area contributed by atoms with Crippen LogP contribution in [0, 0.1) is 0 Å². The molecule has 0 aliphatic carbocycles. The minimum absolute atomic E-state index is 0.111.